The number of anilines is 1. The predicted octanol–water partition coefficient (Wildman–Crippen LogP) is 5.56. The average molecular weight is 469 g/mol. The zero-order chi connectivity index (χ0) is 24.8. The number of fused-ring (bicyclic) bond motifs is 1. The number of rotatable bonds is 5. The van der Waals surface area contributed by atoms with Crippen molar-refractivity contribution in [3.8, 4) is 11.8 Å². The van der Waals surface area contributed by atoms with E-state index in [1.54, 1.807) is 13.8 Å². The molecule has 1 heterocycles. The summed E-state index contributed by atoms with van der Waals surface area (Å²) in [4.78, 5) is 24.0. The zero-order valence-corrected chi connectivity index (χ0v) is 19.6. The second kappa shape index (κ2) is 10.6. The minimum Gasteiger partial charge on any atom is -0.469 e. The van der Waals surface area contributed by atoms with Crippen LogP contribution in [0, 0.1) is 18.8 Å². The number of amides is 1. The number of esters is 1. The molecule has 0 bridgehead atoms. The van der Waals surface area contributed by atoms with E-state index in [1.165, 1.54) is 7.11 Å². The fraction of sp³-hybridized carbons (Fsp3) is 0.179. The van der Waals surface area contributed by atoms with Crippen LogP contribution in [0.4, 0.5) is 10.5 Å². The van der Waals surface area contributed by atoms with Gasteiger partial charge in [-0.25, -0.2) is 4.79 Å². The number of carbonyl (C=O) groups excluding carboxylic acids is 2. The number of hydrogen-bond acceptors (Lipinski definition) is 6. The summed E-state index contributed by atoms with van der Waals surface area (Å²) in [6.07, 6.45) is -0.818. The van der Waals surface area contributed by atoms with Gasteiger partial charge in [-0.15, -0.1) is 0 Å². The van der Waals surface area contributed by atoms with E-state index in [-0.39, 0.29) is 18.2 Å². The average Bonchev–Trinajstić information content (AvgIpc) is 3.21. The molecule has 0 spiro atoms. The van der Waals surface area contributed by atoms with Crippen molar-refractivity contribution >= 4 is 28.5 Å². The molecule has 4 rings (SSSR count). The van der Waals surface area contributed by atoms with E-state index in [4.69, 9.17) is 14.0 Å². The number of hydrogen-bond donors (Lipinski definition) is 1. The quantitative estimate of drug-likeness (QED) is 0.305. The molecular weight excluding hydrogens is 444 g/mol. The lowest BCUT2D eigenvalue weighted by Crippen LogP contribution is -2.16. The lowest BCUT2D eigenvalue weighted by Gasteiger charge is -2.13. The van der Waals surface area contributed by atoms with Gasteiger partial charge in [0.25, 0.3) is 0 Å². The third kappa shape index (κ3) is 5.87. The number of benzene rings is 3. The van der Waals surface area contributed by atoms with Crippen LogP contribution in [0.15, 0.2) is 71.3 Å². The molecule has 1 atom stereocenters. The Balaban J connectivity index is 1.48. The van der Waals surface area contributed by atoms with E-state index in [0.29, 0.717) is 11.4 Å². The fourth-order valence-electron chi connectivity index (χ4n) is 3.54. The van der Waals surface area contributed by atoms with E-state index < -0.39 is 12.2 Å². The van der Waals surface area contributed by atoms with Gasteiger partial charge in [-0.2, -0.15) is 0 Å². The van der Waals surface area contributed by atoms with E-state index in [9.17, 15) is 9.59 Å². The minimum atomic E-state index is -0.621. The van der Waals surface area contributed by atoms with Crippen molar-refractivity contribution in [3.63, 3.8) is 0 Å². The molecule has 0 saturated carbocycles. The molecular formula is C28H24N2O5. The molecule has 0 aliphatic carbocycles. The lowest BCUT2D eigenvalue weighted by molar-refractivity contribution is -0.139. The summed E-state index contributed by atoms with van der Waals surface area (Å²) < 4.78 is 15.5. The van der Waals surface area contributed by atoms with Gasteiger partial charge in [0.05, 0.1) is 13.5 Å². The first kappa shape index (κ1) is 23.6. The normalized spacial score (nSPS) is 11.3. The number of carbonyl (C=O) groups is 2. The van der Waals surface area contributed by atoms with Crippen molar-refractivity contribution in [1.82, 2.24) is 5.16 Å². The molecule has 1 aromatic heterocycles. The summed E-state index contributed by atoms with van der Waals surface area (Å²) in [5.74, 6) is 5.95. The van der Waals surface area contributed by atoms with Gasteiger partial charge in [0, 0.05) is 5.56 Å². The molecule has 0 unspecified atom stereocenters. The molecule has 0 aliphatic rings. The first-order valence-electron chi connectivity index (χ1n) is 11.0. The summed E-state index contributed by atoms with van der Waals surface area (Å²) in [7, 11) is 1.37. The third-order valence-corrected chi connectivity index (χ3v) is 5.44. The highest BCUT2D eigenvalue weighted by molar-refractivity contribution is 5.87. The molecule has 176 valence electrons. The minimum absolute atomic E-state index is 0.223. The first-order valence-corrected chi connectivity index (χ1v) is 11.0. The Hall–Kier alpha value is -4.57. The number of methoxy groups -OCH3 is 1. The van der Waals surface area contributed by atoms with E-state index in [2.05, 4.69) is 22.3 Å². The molecule has 7 nitrogen and oxygen atoms in total. The van der Waals surface area contributed by atoms with Gasteiger partial charge in [0.1, 0.15) is 17.5 Å². The van der Waals surface area contributed by atoms with Crippen molar-refractivity contribution in [2.75, 3.05) is 12.4 Å². The van der Waals surface area contributed by atoms with Crippen LogP contribution in [0.2, 0.25) is 0 Å². The van der Waals surface area contributed by atoms with E-state index in [0.717, 1.165) is 27.5 Å². The van der Waals surface area contributed by atoms with Crippen molar-refractivity contribution < 1.29 is 23.6 Å². The Bertz CT molecular complexity index is 1430. The molecule has 0 aliphatic heterocycles. The molecule has 7 heteroatoms. The highest BCUT2D eigenvalue weighted by Gasteiger charge is 2.17. The van der Waals surface area contributed by atoms with E-state index in [1.807, 2.05) is 66.7 Å². The molecule has 0 radical (unpaired) electrons. The van der Waals surface area contributed by atoms with Crippen LogP contribution in [-0.4, -0.2) is 24.3 Å². The number of nitrogens with zero attached hydrogens (tertiary/aromatic N) is 1. The second-order valence-electron chi connectivity index (χ2n) is 7.95. The highest BCUT2D eigenvalue weighted by atomic mass is 16.6. The monoisotopic (exact) mass is 468 g/mol. The van der Waals surface area contributed by atoms with Gasteiger partial charge < -0.3 is 14.0 Å². The van der Waals surface area contributed by atoms with Crippen molar-refractivity contribution in [1.29, 1.82) is 0 Å². The van der Waals surface area contributed by atoms with Gasteiger partial charge >= 0.3 is 12.1 Å². The molecule has 4 aromatic rings. The van der Waals surface area contributed by atoms with Gasteiger partial charge in [0.2, 0.25) is 5.76 Å². The zero-order valence-electron chi connectivity index (χ0n) is 19.6. The number of ether oxygens (including phenoxy) is 2. The molecule has 35 heavy (non-hydrogen) atoms. The largest absolute Gasteiger partial charge is 0.469 e. The molecule has 3 aromatic carbocycles. The Morgan fingerprint density at radius 2 is 1.77 bits per heavy atom. The molecule has 0 saturated heterocycles. The van der Waals surface area contributed by atoms with Crippen LogP contribution in [0.3, 0.4) is 0 Å². The summed E-state index contributed by atoms with van der Waals surface area (Å²) >= 11 is 0. The standard InChI is InChI=1S/C28H24N2O5/c1-18-27(29-28(32)34-19(2)22-7-5-4-6-8-22)25(35-30-18)14-11-20-9-12-24-16-21(17-26(31)33-3)10-13-23(24)15-20/h4-10,12-13,15-16,19H,17H2,1-3H3,(H,29,32)/t19-/m1/s1. The number of aryl methyl sites for hydroxylation is 1. The SMILES string of the molecule is COC(=O)Cc1ccc2cc(C#Cc3onc(C)c3NC(=O)O[C@H](C)c3ccccc3)ccc2c1. The second-order valence-corrected chi connectivity index (χ2v) is 7.95. The predicted molar refractivity (Wildman–Crippen MR) is 132 cm³/mol. The fourth-order valence-corrected chi connectivity index (χ4v) is 3.54. The maximum Gasteiger partial charge on any atom is 0.412 e. The van der Waals surface area contributed by atoms with Crippen LogP contribution in [0.1, 0.15) is 41.2 Å². The topological polar surface area (TPSA) is 90.7 Å². The highest BCUT2D eigenvalue weighted by Crippen LogP contribution is 2.23. The van der Waals surface area contributed by atoms with Crippen molar-refractivity contribution in [2.24, 2.45) is 0 Å². The van der Waals surface area contributed by atoms with Crippen LogP contribution < -0.4 is 5.32 Å². The molecule has 1 amide bonds. The Kier molecular flexibility index (Phi) is 7.12. The Morgan fingerprint density at radius 1 is 1.03 bits per heavy atom. The Labute approximate surface area is 203 Å². The summed E-state index contributed by atoms with van der Waals surface area (Å²) in [6.45, 7) is 3.51. The maximum absolute atomic E-state index is 12.5. The van der Waals surface area contributed by atoms with E-state index >= 15 is 0 Å². The maximum atomic E-state index is 12.5. The first-order chi connectivity index (χ1) is 16.9. The lowest BCUT2D eigenvalue weighted by atomic mass is 10.0. The van der Waals surface area contributed by atoms with Gasteiger partial charge in [-0.1, -0.05) is 65.7 Å². The van der Waals surface area contributed by atoms with Gasteiger partial charge in [-0.05, 0) is 53.8 Å². The van der Waals surface area contributed by atoms with Crippen molar-refractivity contribution in [3.05, 3.63) is 94.9 Å². The summed E-state index contributed by atoms with van der Waals surface area (Å²) in [5, 5.41) is 8.59. The van der Waals surface area contributed by atoms with Crippen LogP contribution in [0.25, 0.3) is 10.8 Å². The molecule has 0 fully saturated rings. The number of nitrogens with one attached hydrogen (secondary N) is 1. The summed E-state index contributed by atoms with van der Waals surface area (Å²) in [5.41, 5.74) is 3.40. The molecule has 1 N–H and O–H groups in total. The summed E-state index contributed by atoms with van der Waals surface area (Å²) in [6, 6.07) is 21.0. The number of aromatic nitrogens is 1. The van der Waals surface area contributed by atoms with Crippen LogP contribution >= 0.6 is 0 Å². The van der Waals surface area contributed by atoms with Crippen LogP contribution in [-0.2, 0) is 20.7 Å². The van der Waals surface area contributed by atoms with Crippen LogP contribution in [0.5, 0.6) is 0 Å². The van der Waals surface area contributed by atoms with Gasteiger partial charge in [0.15, 0.2) is 0 Å². The Morgan fingerprint density at radius 3 is 2.54 bits per heavy atom. The smallest absolute Gasteiger partial charge is 0.412 e. The van der Waals surface area contributed by atoms with Crippen molar-refractivity contribution in [2.45, 2.75) is 26.4 Å². The third-order valence-electron chi connectivity index (χ3n) is 5.44. The van der Waals surface area contributed by atoms with Gasteiger partial charge in [-0.3, -0.25) is 10.1 Å².